The normalized spacial score (nSPS) is 11.9. The third-order valence-corrected chi connectivity index (χ3v) is 3.30. The maximum atomic E-state index is 13.5. The van der Waals surface area contributed by atoms with Gasteiger partial charge in [0, 0.05) is 18.2 Å². The van der Waals surface area contributed by atoms with Gasteiger partial charge in [-0.3, -0.25) is 4.79 Å². The van der Waals surface area contributed by atoms with Crippen LogP contribution in [0.4, 0.5) is 17.6 Å². The van der Waals surface area contributed by atoms with Crippen LogP contribution in [0.1, 0.15) is 17.2 Å². The second-order valence-corrected chi connectivity index (χ2v) is 4.84. The van der Waals surface area contributed by atoms with Crippen molar-refractivity contribution in [2.75, 3.05) is 7.11 Å². The second-order valence-electron chi connectivity index (χ2n) is 4.84. The maximum absolute atomic E-state index is 13.5. The molecule has 128 valence electrons. The van der Waals surface area contributed by atoms with Gasteiger partial charge < -0.3 is 15.2 Å². The molecule has 0 aliphatic rings. The van der Waals surface area contributed by atoms with Crippen molar-refractivity contribution in [2.45, 2.75) is 12.6 Å². The number of nitrogens with one attached hydrogen (secondary N) is 1. The third-order valence-electron chi connectivity index (χ3n) is 3.30. The van der Waals surface area contributed by atoms with E-state index in [1.165, 1.54) is 25.3 Å². The van der Waals surface area contributed by atoms with Crippen molar-refractivity contribution in [2.24, 2.45) is 0 Å². The number of aliphatic hydroxyl groups excluding tert-OH is 1. The van der Waals surface area contributed by atoms with E-state index in [1.54, 1.807) is 6.07 Å². The SMILES string of the molecule is COc1cccc(C(O)C(=O)NCc2c(F)c(F)cc(F)c2F)c1. The highest BCUT2D eigenvalue weighted by Crippen LogP contribution is 2.21. The molecule has 1 unspecified atom stereocenters. The van der Waals surface area contributed by atoms with Gasteiger partial charge in [0.05, 0.1) is 7.11 Å². The topological polar surface area (TPSA) is 58.6 Å². The Morgan fingerprint density at radius 2 is 1.79 bits per heavy atom. The van der Waals surface area contributed by atoms with Crippen molar-refractivity contribution in [3.63, 3.8) is 0 Å². The first-order valence-corrected chi connectivity index (χ1v) is 6.76. The number of rotatable bonds is 5. The lowest BCUT2D eigenvalue weighted by atomic mass is 10.1. The van der Waals surface area contributed by atoms with Gasteiger partial charge in [0.1, 0.15) is 5.75 Å². The fourth-order valence-corrected chi connectivity index (χ4v) is 2.01. The van der Waals surface area contributed by atoms with Gasteiger partial charge >= 0.3 is 0 Å². The van der Waals surface area contributed by atoms with Crippen LogP contribution in [-0.2, 0) is 11.3 Å². The molecule has 0 saturated carbocycles. The highest BCUT2D eigenvalue weighted by molar-refractivity contribution is 5.82. The Morgan fingerprint density at radius 3 is 2.38 bits per heavy atom. The summed E-state index contributed by atoms with van der Waals surface area (Å²) in [6, 6.07) is 6.03. The minimum atomic E-state index is -1.65. The van der Waals surface area contributed by atoms with Crippen LogP contribution >= 0.6 is 0 Å². The monoisotopic (exact) mass is 343 g/mol. The molecule has 1 atom stereocenters. The molecule has 0 aliphatic carbocycles. The van der Waals surface area contributed by atoms with E-state index in [4.69, 9.17) is 4.74 Å². The molecule has 2 aromatic carbocycles. The predicted octanol–water partition coefficient (Wildman–Crippen LogP) is 2.60. The number of amides is 1. The lowest BCUT2D eigenvalue weighted by molar-refractivity contribution is -0.129. The summed E-state index contributed by atoms with van der Waals surface area (Å²) in [5, 5.41) is 12.0. The van der Waals surface area contributed by atoms with Crippen molar-refractivity contribution < 1.29 is 32.2 Å². The number of hydrogen-bond donors (Lipinski definition) is 2. The number of carbonyl (C=O) groups excluding carboxylic acids is 1. The van der Waals surface area contributed by atoms with Gasteiger partial charge in [0.15, 0.2) is 29.4 Å². The highest BCUT2D eigenvalue weighted by Gasteiger charge is 2.22. The molecule has 0 radical (unpaired) electrons. The Bertz CT molecular complexity index is 741. The lowest BCUT2D eigenvalue weighted by Crippen LogP contribution is -2.29. The fraction of sp³-hybridized carbons (Fsp3) is 0.188. The van der Waals surface area contributed by atoms with E-state index < -0.39 is 47.4 Å². The molecule has 0 bridgehead atoms. The van der Waals surface area contributed by atoms with E-state index in [1.807, 2.05) is 5.32 Å². The van der Waals surface area contributed by atoms with E-state index in [0.717, 1.165) is 0 Å². The molecule has 2 aromatic rings. The second kappa shape index (κ2) is 7.31. The van der Waals surface area contributed by atoms with Crippen LogP contribution < -0.4 is 10.1 Å². The summed E-state index contributed by atoms with van der Waals surface area (Å²) >= 11 is 0. The third kappa shape index (κ3) is 3.65. The predicted molar refractivity (Wildman–Crippen MR) is 76.1 cm³/mol. The molecule has 2 N–H and O–H groups in total. The maximum Gasteiger partial charge on any atom is 0.253 e. The molecule has 0 heterocycles. The molecule has 0 aromatic heterocycles. The number of carbonyl (C=O) groups is 1. The molecule has 2 rings (SSSR count). The van der Waals surface area contributed by atoms with Gasteiger partial charge in [-0.25, -0.2) is 17.6 Å². The quantitative estimate of drug-likeness (QED) is 0.648. The van der Waals surface area contributed by atoms with Crippen molar-refractivity contribution in [1.82, 2.24) is 5.32 Å². The van der Waals surface area contributed by atoms with Gasteiger partial charge in [-0.1, -0.05) is 12.1 Å². The molecule has 4 nitrogen and oxygen atoms in total. The van der Waals surface area contributed by atoms with Crippen LogP contribution in [0.25, 0.3) is 0 Å². The van der Waals surface area contributed by atoms with Gasteiger partial charge in [-0.05, 0) is 17.7 Å². The lowest BCUT2D eigenvalue weighted by Gasteiger charge is -2.13. The number of benzene rings is 2. The number of methoxy groups -OCH3 is 1. The minimum Gasteiger partial charge on any atom is -0.497 e. The van der Waals surface area contributed by atoms with Crippen LogP contribution in [0.3, 0.4) is 0 Å². The molecule has 0 fully saturated rings. The van der Waals surface area contributed by atoms with Crippen LogP contribution in [0.15, 0.2) is 30.3 Å². The smallest absolute Gasteiger partial charge is 0.253 e. The Morgan fingerprint density at radius 1 is 1.17 bits per heavy atom. The van der Waals surface area contributed by atoms with Crippen LogP contribution in [0.2, 0.25) is 0 Å². The zero-order valence-electron chi connectivity index (χ0n) is 12.4. The summed E-state index contributed by atoms with van der Waals surface area (Å²) in [5.74, 6) is -6.97. The molecule has 0 saturated heterocycles. The fourth-order valence-electron chi connectivity index (χ4n) is 2.01. The molecule has 0 aliphatic heterocycles. The zero-order valence-corrected chi connectivity index (χ0v) is 12.4. The van der Waals surface area contributed by atoms with E-state index in [2.05, 4.69) is 0 Å². The Labute approximate surface area is 134 Å². The molecule has 8 heteroatoms. The molecule has 1 amide bonds. The first-order valence-electron chi connectivity index (χ1n) is 6.76. The van der Waals surface area contributed by atoms with Gasteiger partial charge in [0.25, 0.3) is 5.91 Å². The molecule has 0 spiro atoms. The standard InChI is InChI=1S/C16H13F4NO3/c1-24-9-4-2-3-8(5-9)15(22)16(23)21-7-10-13(19)11(17)6-12(18)14(10)20/h2-6,15,22H,7H2,1H3,(H,21,23). The summed E-state index contributed by atoms with van der Waals surface area (Å²) in [5.41, 5.74) is -0.795. The van der Waals surface area contributed by atoms with Crippen molar-refractivity contribution in [3.05, 3.63) is 64.7 Å². The first-order chi connectivity index (χ1) is 11.3. The highest BCUT2D eigenvalue weighted by atomic mass is 19.2. The minimum absolute atomic E-state index is 0.0705. The molecular weight excluding hydrogens is 330 g/mol. The summed E-state index contributed by atoms with van der Waals surface area (Å²) < 4.78 is 58.1. The van der Waals surface area contributed by atoms with Crippen molar-refractivity contribution in [1.29, 1.82) is 0 Å². The largest absolute Gasteiger partial charge is 0.497 e. The number of aliphatic hydroxyl groups is 1. The average molecular weight is 343 g/mol. The summed E-state index contributed by atoms with van der Waals surface area (Å²) in [6.45, 7) is -0.827. The van der Waals surface area contributed by atoms with E-state index in [0.29, 0.717) is 5.75 Å². The number of hydrogen-bond acceptors (Lipinski definition) is 3. The average Bonchev–Trinajstić information content (AvgIpc) is 2.59. The van der Waals surface area contributed by atoms with E-state index >= 15 is 0 Å². The van der Waals surface area contributed by atoms with Crippen LogP contribution in [0.5, 0.6) is 5.75 Å². The van der Waals surface area contributed by atoms with Crippen molar-refractivity contribution in [3.8, 4) is 5.75 Å². The van der Waals surface area contributed by atoms with Crippen molar-refractivity contribution >= 4 is 5.91 Å². The van der Waals surface area contributed by atoms with E-state index in [9.17, 15) is 27.5 Å². The molecular formula is C16H13F4NO3. The van der Waals surface area contributed by atoms with E-state index in [-0.39, 0.29) is 11.6 Å². The Balaban J connectivity index is 2.13. The molecule has 24 heavy (non-hydrogen) atoms. The van der Waals surface area contributed by atoms with Gasteiger partial charge in [-0.2, -0.15) is 0 Å². The summed E-state index contributed by atoms with van der Waals surface area (Å²) in [7, 11) is 1.40. The van der Waals surface area contributed by atoms with Gasteiger partial charge in [0.2, 0.25) is 0 Å². The Hall–Kier alpha value is -2.61. The summed E-state index contributed by atoms with van der Waals surface area (Å²) in [6.07, 6.45) is -1.65. The number of halogens is 4. The Kier molecular flexibility index (Phi) is 5.40. The van der Waals surface area contributed by atoms with Crippen LogP contribution in [-0.4, -0.2) is 18.1 Å². The van der Waals surface area contributed by atoms with Crippen LogP contribution in [0, 0.1) is 23.3 Å². The first kappa shape index (κ1) is 17.7. The number of ether oxygens (including phenoxy) is 1. The summed E-state index contributed by atoms with van der Waals surface area (Å²) in [4.78, 5) is 11.9. The van der Waals surface area contributed by atoms with Gasteiger partial charge in [-0.15, -0.1) is 0 Å². The zero-order chi connectivity index (χ0) is 17.9.